The molecular formula is C15H18N6OS. The molecule has 7 nitrogen and oxygen atoms in total. The van der Waals surface area contributed by atoms with Gasteiger partial charge < -0.3 is 0 Å². The molecule has 1 atom stereocenters. The number of nitrogens with one attached hydrogen (secondary N) is 1. The second kappa shape index (κ2) is 6.41. The molecule has 120 valence electrons. The highest BCUT2D eigenvalue weighted by Crippen LogP contribution is 2.23. The summed E-state index contributed by atoms with van der Waals surface area (Å²) in [5, 5.41) is 21.1. The van der Waals surface area contributed by atoms with E-state index in [0.717, 1.165) is 16.0 Å². The van der Waals surface area contributed by atoms with Crippen LogP contribution >= 0.6 is 11.3 Å². The van der Waals surface area contributed by atoms with Crippen LogP contribution in [-0.2, 0) is 4.79 Å². The Morgan fingerprint density at radius 1 is 1.22 bits per heavy atom. The van der Waals surface area contributed by atoms with Gasteiger partial charge in [0.05, 0.1) is 0 Å². The summed E-state index contributed by atoms with van der Waals surface area (Å²) in [5.41, 5.74) is 1.55. The monoisotopic (exact) mass is 330 g/mol. The Labute approximate surface area is 137 Å². The molecule has 0 bridgehead atoms. The first-order valence-corrected chi connectivity index (χ1v) is 8.36. The summed E-state index contributed by atoms with van der Waals surface area (Å²) >= 11 is 1.39. The lowest BCUT2D eigenvalue weighted by atomic mass is 10.2. The fraction of sp³-hybridized carbons (Fsp3) is 0.400. The van der Waals surface area contributed by atoms with Crippen LogP contribution < -0.4 is 5.32 Å². The number of benzene rings is 1. The van der Waals surface area contributed by atoms with Gasteiger partial charge in [-0.3, -0.25) is 10.1 Å². The zero-order valence-corrected chi connectivity index (χ0v) is 14.0. The van der Waals surface area contributed by atoms with Crippen molar-refractivity contribution in [2.75, 3.05) is 5.32 Å². The number of hydrogen-bond donors (Lipinski definition) is 1. The Balaban J connectivity index is 1.80. The van der Waals surface area contributed by atoms with E-state index in [1.54, 1.807) is 0 Å². The van der Waals surface area contributed by atoms with Crippen LogP contribution in [0.4, 0.5) is 5.13 Å². The fourth-order valence-corrected chi connectivity index (χ4v) is 2.93. The van der Waals surface area contributed by atoms with Crippen LogP contribution in [0.25, 0.3) is 11.0 Å². The molecule has 0 aliphatic rings. The van der Waals surface area contributed by atoms with E-state index in [2.05, 4.69) is 25.7 Å². The number of aromatic nitrogens is 5. The number of carbonyl (C=O) groups excluding carboxylic acids is 1. The van der Waals surface area contributed by atoms with Crippen LogP contribution in [0.1, 0.15) is 44.2 Å². The molecule has 0 aliphatic heterocycles. The van der Waals surface area contributed by atoms with E-state index in [-0.39, 0.29) is 5.91 Å². The second-order valence-electron chi connectivity index (χ2n) is 5.52. The summed E-state index contributed by atoms with van der Waals surface area (Å²) in [6.45, 7) is 6.01. The molecule has 3 aromatic rings. The first-order valence-electron chi connectivity index (χ1n) is 7.54. The maximum atomic E-state index is 12.5. The van der Waals surface area contributed by atoms with Crippen molar-refractivity contribution in [1.29, 1.82) is 0 Å². The Morgan fingerprint density at radius 2 is 1.87 bits per heavy atom. The van der Waals surface area contributed by atoms with E-state index >= 15 is 0 Å². The third kappa shape index (κ3) is 3.21. The normalized spacial score (nSPS) is 12.7. The Hall–Kier alpha value is -2.35. The Bertz CT molecular complexity index is 791. The van der Waals surface area contributed by atoms with Gasteiger partial charge in [-0.15, -0.1) is 10.2 Å². The van der Waals surface area contributed by atoms with Crippen molar-refractivity contribution >= 4 is 33.4 Å². The molecule has 8 heteroatoms. The van der Waals surface area contributed by atoms with Gasteiger partial charge in [0.15, 0.2) is 6.04 Å². The summed E-state index contributed by atoms with van der Waals surface area (Å²) in [7, 11) is 0. The smallest absolute Gasteiger partial charge is 0.252 e. The molecule has 0 aliphatic carbocycles. The van der Waals surface area contributed by atoms with Gasteiger partial charge in [0.25, 0.3) is 5.91 Å². The molecule has 1 unspecified atom stereocenters. The quantitative estimate of drug-likeness (QED) is 0.777. The molecule has 0 saturated carbocycles. The standard InChI is InChI=1S/C15H18N6OS/c1-4-12(21-19-10-7-5-6-8-11(10)20-21)13(22)16-15-18-17-14(23-15)9(2)3/h5-9,12H,4H2,1-3H3,(H,16,18,22). The molecule has 0 fully saturated rings. The van der Waals surface area contributed by atoms with E-state index in [0.29, 0.717) is 17.5 Å². The lowest BCUT2D eigenvalue weighted by molar-refractivity contribution is -0.119. The van der Waals surface area contributed by atoms with Crippen molar-refractivity contribution in [1.82, 2.24) is 25.2 Å². The topological polar surface area (TPSA) is 85.6 Å². The average Bonchev–Trinajstić information content (AvgIpc) is 3.14. The first kappa shape index (κ1) is 15.5. The number of amides is 1. The number of nitrogens with zero attached hydrogens (tertiary/aromatic N) is 5. The van der Waals surface area contributed by atoms with Gasteiger partial charge in [0.1, 0.15) is 16.0 Å². The average molecular weight is 330 g/mol. The van der Waals surface area contributed by atoms with Gasteiger partial charge in [-0.2, -0.15) is 15.0 Å². The summed E-state index contributed by atoms with van der Waals surface area (Å²) < 4.78 is 0. The molecule has 3 rings (SSSR count). The van der Waals surface area contributed by atoms with Crippen LogP contribution in [-0.4, -0.2) is 31.1 Å². The van der Waals surface area contributed by atoms with Crippen LogP contribution in [0.5, 0.6) is 0 Å². The van der Waals surface area contributed by atoms with Crippen molar-refractivity contribution in [3.63, 3.8) is 0 Å². The van der Waals surface area contributed by atoms with E-state index in [1.807, 2.05) is 45.0 Å². The summed E-state index contributed by atoms with van der Waals surface area (Å²) in [6, 6.07) is 7.08. The van der Waals surface area contributed by atoms with Gasteiger partial charge in [0.2, 0.25) is 5.13 Å². The summed E-state index contributed by atoms with van der Waals surface area (Å²) in [5.74, 6) is 0.109. The molecule has 0 spiro atoms. The van der Waals surface area contributed by atoms with Crippen molar-refractivity contribution in [3.05, 3.63) is 29.3 Å². The number of anilines is 1. The highest BCUT2D eigenvalue weighted by molar-refractivity contribution is 7.15. The lowest BCUT2D eigenvalue weighted by Gasteiger charge is -2.12. The van der Waals surface area contributed by atoms with E-state index in [4.69, 9.17) is 0 Å². The molecule has 2 heterocycles. The zero-order chi connectivity index (χ0) is 16.4. The van der Waals surface area contributed by atoms with Gasteiger partial charge in [-0.25, -0.2) is 0 Å². The largest absolute Gasteiger partial charge is 0.299 e. The number of hydrogen-bond acceptors (Lipinski definition) is 6. The second-order valence-corrected chi connectivity index (χ2v) is 6.53. The fourth-order valence-electron chi connectivity index (χ4n) is 2.18. The van der Waals surface area contributed by atoms with Crippen molar-refractivity contribution in [2.45, 2.75) is 39.2 Å². The molecule has 1 N–H and O–H groups in total. The lowest BCUT2D eigenvalue weighted by Crippen LogP contribution is -2.27. The third-order valence-corrected chi connectivity index (χ3v) is 4.57. The number of rotatable bonds is 5. The van der Waals surface area contributed by atoms with Crippen LogP contribution in [0.2, 0.25) is 0 Å². The van der Waals surface area contributed by atoms with Gasteiger partial charge in [-0.1, -0.05) is 44.2 Å². The zero-order valence-electron chi connectivity index (χ0n) is 13.2. The summed E-state index contributed by atoms with van der Waals surface area (Å²) in [4.78, 5) is 14.0. The predicted molar refractivity (Wildman–Crippen MR) is 89.5 cm³/mol. The summed E-state index contributed by atoms with van der Waals surface area (Å²) in [6.07, 6.45) is 0.586. The van der Waals surface area contributed by atoms with E-state index in [1.165, 1.54) is 16.1 Å². The molecule has 0 saturated heterocycles. The van der Waals surface area contributed by atoms with Crippen LogP contribution in [0.3, 0.4) is 0 Å². The minimum Gasteiger partial charge on any atom is -0.299 e. The highest BCUT2D eigenvalue weighted by atomic mass is 32.1. The highest BCUT2D eigenvalue weighted by Gasteiger charge is 2.22. The third-order valence-electron chi connectivity index (χ3n) is 3.43. The van der Waals surface area contributed by atoms with Crippen molar-refractivity contribution < 1.29 is 4.79 Å². The Kier molecular flexibility index (Phi) is 4.33. The van der Waals surface area contributed by atoms with Gasteiger partial charge in [-0.05, 0) is 18.6 Å². The van der Waals surface area contributed by atoms with Gasteiger partial charge in [0, 0.05) is 5.92 Å². The molecule has 1 aromatic carbocycles. The minimum atomic E-state index is -0.478. The van der Waals surface area contributed by atoms with E-state index < -0.39 is 6.04 Å². The minimum absolute atomic E-state index is 0.181. The molecular weight excluding hydrogens is 312 g/mol. The Morgan fingerprint density at radius 3 is 2.39 bits per heavy atom. The maximum Gasteiger partial charge on any atom is 0.252 e. The van der Waals surface area contributed by atoms with Gasteiger partial charge >= 0.3 is 0 Å². The maximum absolute atomic E-state index is 12.5. The van der Waals surface area contributed by atoms with Crippen molar-refractivity contribution in [3.8, 4) is 0 Å². The molecule has 1 amide bonds. The van der Waals surface area contributed by atoms with Crippen molar-refractivity contribution in [2.24, 2.45) is 0 Å². The molecule has 2 aromatic heterocycles. The number of carbonyl (C=O) groups is 1. The first-order chi connectivity index (χ1) is 11.1. The van der Waals surface area contributed by atoms with Crippen LogP contribution in [0, 0.1) is 0 Å². The SMILES string of the molecule is CCC(C(=O)Nc1nnc(C(C)C)s1)n1nc2ccccc2n1. The van der Waals surface area contributed by atoms with Crippen LogP contribution in [0.15, 0.2) is 24.3 Å². The predicted octanol–water partition coefficient (Wildman–Crippen LogP) is 3.00. The molecule has 23 heavy (non-hydrogen) atoms. The number of fused-ring (bicyclic) bond motifs is 1. The molecule has 0 radical (unpaired) electrons. The van der Waals surface area contributed by atoms with E-state index in [9.17, 15) is 4.79 Å².